The van der Waals surface area contributed by atoms with Crippen molar-refractivity contribution in [3.63, 3.8) is 0 Å². The topological polar surface area (TPSA) is 21.7 Å². The SMILES string of the molecule is COc1cc2c(cc1OC)CN(CC1CCCCC1)CC2. The Labute approximate surface area is 128 Å². The molecule has 0 saturated heterocycles. The lowest BCUT2D eigenvalue weighted by Gasteiger charge is -2.33. The van der Waals surface area contributed by atoms with Crippen LogP contribution in [0, 0.1) is 5.92 Å². The maximum atomic E-state index is 5.44. The van der Waals surface area contributed by atoms with Crippen molar-refractivity contribution in [3.05, 3.63) is 23.3 Å². The van der Waals surface area contributed by atoms with Gasteiger partial charge in [-0.05, 0) is 48.4 Å². The zero-order chi connectivity index (χ0) is 14.7. The quantitative estimate of drug-likeness (QED) is 0.844. The molecule has 3 rings (SSSR count). The molecule has 0 bridgehead atoms. The smallest absolute Gasteiger partial charge is 0.161 e. The van der Waals surface area contributed by atoms with Crippen molar-refractivity contribution in [3.8, 4) is 11.5 Å². The predicted octanol–water partition coefficient (Wildman–Crippen LogP) is 3.64. The van der Waals surface area contributed by atoms with Crippen LogP contribution in [0.2, 0.25) is 0 Å². The second-order valence-corrected chi connectivity index (χ2v) is 6.47. The van der Waals surface area contributed by atoms with Crippen LogP contribution in [0.3, 0.4) is 0 Å². The van der Waals surface area contributed by atoms with E-state index in [-0.39, 0.29) is 0 Å². The molecule has 1 fully saturated rings. The third-order valence-corrected chi connectivity index (χ3v) is 5.04. The van der Waals surface area contributed by atoms with E-state index in [1.807, 2.05) is 0 Å². The summed E-state index contributed by atoms with van der Waals surface area (Å²) >= 11 is 0. The molecule has 0 atom stereocenters. The molecular weight excluding hydrogens is 262 g/mol. The van der Waals surface area contributed by atoms with Gasteiger partial charge >= 0.3 is 0 Å². The van der Waals surface area contributed by atoms with Gasteiger partial charge in [0.1, 0.15) is 0 Å². The molecule has 3 nitrogen and oxygen atoms in total. The van der Waals surface area contributed by atoms with Gasteiger partial charge < -0.3 is 9.47 Å². The van der Waals surface area contributed by atoms with Gasteiger partial charge in [-0.25, -0.2) is 0 Å². The number of rotatable bonds is 4. The standard InChI is InChI=1S/C18H27NO2/c1-20-17-10-15-8-9-19(12-14-6-4-3-5-7-14)13-16(15)11-18(17)21-2/h10-11,14H,3-9,12-13H2,1-2H3. The Balaban J connectivity index is 1.69. The van der Waals surface area contributed by atoms with E-state index in [9.17, 15) is 0 Å². The highest BCUT2D eigenvalue weighted by atomic mass is 16.5. The van der Waals surface area contributed by atoms with Crippen molar-refractivity contribution < 1.29 is 9.47 Å². The highest BCUT2D eigenvalue weighted by Gasteiger charge is 2.22. The number of methoxy groups -OCH3 is 2. The molecular formula is C18H27NO2. The Hall–Kier alpha value is -1.22. The van der Waals surface area contributed by atoms with Crippen molar-refractivity contribution in [1.82, 2.24) is 4.90 Å². The van der Waals surface area contributed by atoms with E-state index in [1.54, 1.807) is 14.2 Å². The second-order valence-electron chi connectivity index (χ2n) is 6.47. The molecule has 1 aromatic carbocycles. The minimum Gasteiger partial charge on any atom is -0.493 e. The molecule has 0 spiro atoms. The van der Waals surface area contributed by atoms with Gasteiger partial charge in [0.2, 0.25) is 0 Å². The van der Waals surface area contributed by atoms with Crippen LogP contribution in [0.5, 0.6) is 11.5 Å². The van der Waals surface area contributed by atoms with E-state index in [0.717, 1.165) is 30.4 Å². The molecule has 0 radical (unpaired) electrons. The first-order valence-electron chi connectivity index (χ1n) is 8.26. The number of ether oxygens (including phenoxy) is 2. The van der Waals surface area contributed by atoms with Crippen LogP contribution in [-0.2, 0) is 13.0 Å². The lowest BCUT2D eigenvalue weighted by Crippen LogP contribution is -2.35. The fourth-order valence-corrected chi connectivity index (χ4v) is 3.83. The predicted molar refractivity (Wildman–Crippen MR) is 85.1 cm³/mol. The molecule has 0 amide bonds. The molecule has 21 heavy (non-hydrogen) atoms. The number of fused-ring (bicyclic) bond motifs is 1. The van der Waals surface area contributed by atoms with E-state index < -0.39 is 0 Å². The lowest BCUT2D eigenvalue weighted by molar-refractivity contribution is 0.186. The molecule has 0 N–H and O–H groups in total. The van der Waals surface area contributed by atoms with Crippen LogP contribution >= 0.6 is 0 Å². The first-order valence-corrected chi connectivity index (χ1v) is 8.26. The van der Waals surface area contributed by atoms with Crippen molar-refractivity contribution in [1.29, 1.82) is 0 Å². The molecule has 1 aliphatic heterocycles. The maximum absolute atomic E-state index is 5.44. The van der Waals surface area contributed by atoms with Crippen molar-refractivity contribution in [2.45, 2.75) is 45.1 Å². The summed E-state index contributed by atoms with van der Waals surface area (Å²) in [5, 5.41) is 0. The fraction of sp³-hybridized carbons (Fsp3) is 0.667. The average Bonchev–Trinajstić information content (AvgIpc) is 2.54. The average molecular weight is 289 g/mol. The maximum Gasteiger partial charge on any atom is 0.161 e. The van der Waals surface area contributed by atoms with Crippen LogP contribution < -0.4 is 9.47 Å². The van der Waals surface area contributed by atoms with Gasteiger partial charge in [-0.15, -0.1) is 0 Å². The van der Waals surface area contributed by atoms with Crippen LogP contribution in [0.15, 0.2) is 12.1 Å². The molecule has 1 aliphatic carbocycles. The Morgan fingerprint density at radius 1 is 1.00 bits per heavy atom. The molecule has 0 aromatic heterocycles. The highest BCUT2D eigenvalue weighted by molar-refractivity contribution is 5.48. The van der Waals surface area contributed by atoms with Crippen LogP contribution in [0.4, 0.5) is 0 Å². The van der Waals surface area contributed by atoms with Gasteiger partial charge in [0.25, 0.3) is 0 Å². The Bertz CT molecular complexity index is 480. The summed E-state index contributed by atoms with van der Waals surface area (Å²) in [5.74, 6) is 2.63. The van der Waals surface area contributed by atoms with E-state index in [0.29, 0.717) is 0 Å². The normalized spacial score (nSPS) is 20.1. The number of hydrogen-bond acceptors (Lipinski definition) is 3. The zero-order valence-electron chi connectivity index (χ0n) is 13.4. The third-order valence-electron chi connectivity index (χ3n) is 5.04. The minimum atomic E-state index is 0.857. The van der Waals surface area contributed by atoms with Crippen molar-refractivity contribution >= 4 is 0 Å². The van der Waals surface area contributed by atoms with Gasteiger partial charge in [0, 0.05) is 19.6 Å². The highest BCUT2D eigenvalue weighted by Crippen LogP contribution is 2.34. The summed E-state index contributed by atoms with van der Waals surface area (Å²) in [6.45, 7) is 3.51. The van der Waals surface area contributed by atoms with Gasteiger partial charge in [0.05, 0.1) is 14.2 Å². The summed E-state index contributed by atoms with van der Waals surface area (Å²) < 4.78 is 10.9. The van der Waals surface area contributed by atoms with Crippen LogP contribution in [-0.4, -0.2) is 32.2 Å². The Kier molecular flexibility index (Phi) is 4.69. The molecule has 0 unspecified atom stereocenters. The van der Waals surface area contributed by atoms with E-state index in [1.165, 1.54) is 56.3 Å². The first-order chi connectivity index (χ1) is 10.3. The minimum absolute atomic E-state index is 0.857. The molecule has 3 heteroatoms. The number of benzene rings is 1. The fourth-order valence-electron chi connectivity index (χ4n) is 3.83. The summed E-state index contributed by atoms with van der Waals surface area (Å²) in [7, 11) is 3.43. The summed E-state index contributed by atoms with van der Waals surface area (Å²) in [6.07, 6.45) is 8.28. The van der Waals surface area contributed by atoms with E-state index in [4.69, 9.17) is 9.47 Å². The molecule has 2 aliphatic rings. The largest absolute Gasteiger partial charge is 0.493 e. The van der Waals surface area contributed by atoms with Crippen LogP contribution in [0.1, 0.15) is 43.2 Å². The monoisotopic (exact) mass is 289 g/mol. The number of hydrogen-bond donors (Lipinski definition) is 0. The molecule has 116 valence electrons. The summed E-state index contributed by atoms with van der Waals surface area (Å²) in [5.41, 5.74) is 2.84. The molecule has 1 aromatic rings. The van der Waals surface area contributed by atoms with Crippen molar-refractivity contribution in [2.75, 3.05) is 27.3 Å². The third kappa shape index (κ3) is 3.34. The van der Waals surface area contributed by atoms with Gasteiger partial charge in [-0.2, -0.15) is 0 Å². The Morgan fingerprint density at radius 2 is 1.67 bits per heavy atom. The molecule has 1 saturated carbocycles. The lowest BCUT2D eigenvalue weighted by atomic mass is 9.88. The van der Waals surface area contributed by atoms with Gasteiger partial charge in [-0.3, -0.25) is 4.90 Å². The Morgan fingerprint density at radius 3 is 2.33 bits per heavy atom. The first kappa shape index (κ1) is 14.7. The van der Waals surface area contributed by atoms with Crippen LogP contribution in [0.25, 0.3) is 0 Å². The molecule has 1 heterocycles. The van der Waals surface area contributed by atoms with Crippen molar-refractivity contribution in [2.24, 2.45) is 5.92 Å². The van der Waals surface area contributed by atoms with E-state index >= 15 is 0 Å². The van der Waals surface area contributed by atoms with E-state index in [2.05, 4.69) is 17.0 Å². The second kappa shape index (κ2) is 6.69. The van der Waals surface area contributed by atoms with Gasteiger partial charge in [0.15, 0.2) is 11.5 Å². The zero-order valence-corrected chi connectivity index (χ0v) is 13.4. The summed E-state index contributed by atoms with van der Waals surface area (Å²) in [4.78, 5) is 2.63. The number of nitrogens with zero attached hydrogens (tertiary/aromatic N) is 1. The summed E-state index contributed by atoms with van der Waals surface area (Å²) in [6, 6.07) is 4.33. The van der Waals surface area contributed by atoms with Gasteiger partial charge in [-0.1, -0.05) is 19.3 Å².